The summed E-state index contributed by atoms with van der Waals surface area (Å²) in [5.41, 5.74) is 2.52. The summed E-state index contributed by atoms with van der Waals surface area (Å²) in [6, 6.07) is 13.1. The molecular formula is C22H25N3O5. The van der Waals surface area contributed by atoms with Gasteiger partial charge in [0.15, 0.2) is 0 Å². The molecule has 3 aromatic rings. The fourth-order valence-electron chi connectivity index (χ4n) is 3.73. The van der Waals surface area contributed by atoms with Crippen LogP contribution in [0.5, 0.6) is 5.75 Å². The fraction of sp³-hybridized carbons (Fsp3) is 0.364. The van der Waals surface area contributed by atoms with Crippen LogP contribution in [0.3, 0.4) is 0 Å². The number of nitrogens with zero attached hydrogens (tertiary/aromatic N) is 2. The Balaban J connectivity index is 1.48. The van der Waals surface area contributed by atoms with E-state index in [-0.39, 0.29) is 19.3 Å². The van der Waals surface area contributed by atoms with E-state index in [1.807, 2.05) is 49.4 Å². The molecule has 0 saturated heterocycles. The van der Waals surface area contributed by atoms with Crippen LogP contribution in [-0.2, 0) is 22.6 Å². The molecule has 2 heterocycles. The van der Waals surface area contributed by atoms with Crippen LogP contribution in [0.1, 0.15) is 24.2 Å². The highest BCUT2D eigenvalue weighted by atomic mass is 16.5. The van der Waals surface area contributed by atoms with Crippen molar-refractivity contribution in [3.8, 4) is 5.75 Å². The number of amides is 1. The van der Waals surface area contributed by atoms with Gasteiger partial charge in [0, 0.05) is 18.5 Å². The summed E-state index contributed by atoms with van der Waals surface area (Å²) >= 11 is 0. The van der Waals surface area contributed by atoms with Crippen molar-refractivity contribution in [3.63, 3.8) is 0 Å². The largest absolute Gasteiger partial charge is 0.490 e. The molecule has 30 heavy (non-hydrogen) atoms. The van der Waals surface area contributed by atoms with E-state index in [4.69, 9.17) is 14.2 Å². The second-order valence-corrected chi connectivity index (χ2v) is 7.38. The van der Waals surface area contributed by atoms with E-state index < -0.39 is 18.3 Å². The monoisotopic (exact) mass is 411 g/mol. The molecule has 0 radical (unpaired) electrons. The predicted molar refractivity (Wildman–Crippen MR) is 110 cm³/mol. The number of fused-ring (bicyclic) bond motifs is 3. The number of methoxy groups -OCH3 is 1. The number of alkyl carbamates (subject to hydrolysis) is 1. The number of hydrogen-bond donors (Lipinski definition) is 2. The molecule has 0 aliphatic carbocycles. The van der Waals surface area contributed by atoms with Gasteiger partial charge in [-0.05, 0) is 24.6 Å². The van der Waals surface area contributed by atoms with Gasteiger partial charge < -0.3 is 24.6 Å². The lowest BCUT2D eigenvalue weighted by Gasteiger charge is -2.30. The Morgan fingerprint density at radius 2 is 2.13 bits per heavy atom. The summed E-state index contributed by atoms with van der Waals surface area (Å²) in [6.45, 7) is 2.69. The van der Waals surface area contributed by atoms with Crippen LogP contribution < -0.4 is 10.1 Å². The number of benzene rings is 2. The molecule has 2 aromatic carbocycles. The Labute approximate surface area is 174 Å². The van der Waals surface area contributed by atoms with Gasteiger partial charge in [-0.25, -0.2) is 4.79 Å². The minimum atomic E-state index is -0.764. The third kappa shape index (κ3) is 4.10. The zero-order valence-corrected chi connectivity index (χ0v) is 16.9. The van der Waals surface area contributed by atoms with Gasteiger partial charge in [-0.15, -0.1) is 0 Å². The Bertz CT molecular complexity index is 1020. The molecule has 0 saturated carbocycles. The lowest BCUT2D eigenvalue weighted by atomic mass is 9.98. The molecule has 4 rings (SSSR count). The maximum atomic E-state index is 12.2. The van der Waals surface area contributed by atoms with Crippen LogP contribution in [0.15, 0.2) is 48.7 Å². The number of carbonyl (C=O) groups excluding carboxylic acids is 1. The highest BCUT2D eigenvalue weighted by Gasteiger charge is 2.33. The molecule has 3 atom stereocenters. The molecule has 1 aliphatic rings. The minimum Gasteiger partial charge on any atom is -0.490 e. The van der Waals surface area contributed by atoms with Gasteiger partial charge in [0.1, 0.15) is 31.2 Å². The van der Waals surface area contributed by atoms with Gasteiger partial charge >= 0.3 is 6.09 Å². The van der Waals surface area contributed by atoms with Crippen molar-refractivity contribution in [3.05, 3.63) is 59.8 Å². The molecular weight excluding hydrogens is 386 g/mol. The third-order valence-electron chi connectivity index (χ3n) is 5.12. The Morgan fingerprint density at radius 3 is 2.90 bits per heavy atom. The lowest BCUT2D eigenvalue weighted by molar-refractivity contribution is -0.0482. The zero-order valence-electron chi connectivity index (χ0n) is 16.9. The number of aromatic nitrogens is 2. The second kappa shape index (κ2) is 8.73. The van der Waals surface area contributed by atoms with Gasteiger partial charge in [0.2, 0.25) is 0 Å². The number of aliphatic hydroxyl groups excluding tert-OH is 1. The van der Waals surface area contributed by atoms with Crippen LogP contribution in [0.4, 0.5) is 4.79 Å². The average molecular weight is 411 g/mol. The van der Waals surface area contributed by atoms with Crippen molar-refractivity contribution in [2.24, 2.45) is 0 Å². The van der Waals surface area contributed by atoms with Crippen molar-refractivity contribution in [1.82, 2.24) is 15.1 Å². The average Bonchev–Trinajstić information content (AvgIpc) is 3.15. The number of ether oxygens (including phenoxy) is 3. The minimum absolute atomic E-state index is 0.177. The van der Waals surface area contributed by atoms with Crippen molar-refractivity contribution < 1.29 is 24.1 Å². The van der Waals surface area contributed by atoms with Crippen LogP contribution in [0, 0.1) is 0 Å². The first-order valence-electron chi connectivity index (χ1n) is 9.86. The highest BCUT2D eigenvalue weighted by Crippen LogP contribution is 2.39. The van der Waals surface area contributed by atoms with E-state index in [1.54, 1.807) is 18.0 Å². The summed E-state index contributed by atoms with van der Waals surface area (Å²) < 4.78 is 18.3. The van der Waals surface area contributed by atoms with E-state index in [1.165, 1.54) is 0 Å². The van der Waals surface area contributed by atoms with Gasteiger partial charge in [-0.3, -0.25) is 4.68 Å². The Kier molecular flexibility index (Phi) is 5.87. The molecule has 1 aliphatic heterocycles. The predicted octanol–water partition coefficient (Wildman–Crippen LogP) is 2.79. The molecule has 1 aromatic heterocycles. The van der Waals surface area contributed by atoms with Crippen molar-refractivity contribution >= 4 is 17.0 Å². The first-order chi connectivity index (χ1) is 14.6. The van der Waals surface area contributed by atoms with E-state index in [9.17, 15) is 9.90 Å². The first kappa shape index (κ1) is 20.2. The molecule has 2 N–H and O–H groups in total. The third-order valence-corrected chi connectivity index (χ3v) is 5.12. The second-order valence-electron chi connectivity index (χ2n) is 7.38. The first-order valence-corrected chi connectivity index (χ1v) is 9.86. The number of hydrogen-bond acceptors (Lipinski definition) is 6. The topological polar surface area (TPSA) is 94.8 Å². The quantitative estimate of drug-likeness (QED) is 0.648. The van der Waals surface area contributed by atoms with Gasteiger partial charge in [0.05, 0.1) is 23.8 Å². The van der Waals surface area contributed by atoms with Crippen molar-refractivity contribution in [2.45, 2.75) is 38.3 Å². The SMILES string of the molecule is COC1c2c(ccc3cnn(C[C@H](C)NC(=O)OCc4ccccc4)c23)OCC1O. The van der Waals surface area contributed by atoms with Crippen molar-refractivity contribution in [2.75, 3.05) is 13.7 Å². The van der Waals surface area contributed by atoms with Crippen LogP contribution >= 0.6 is 0 Å². The number of carbonyl (C=O) groups is 1. The van der Waals surface area contributed by atoms with Gasteiger partial charge in [0.25, 0.3) is 0 Å². The molecule has 8 heteroatoms. The van der Waals surface area contributed by atoms with Crippen LogP contribution in [0.2, 0.25) is 0 Å². The Hall–Kier alpha value is -3.10. The molecule has 0 spiro atoms. The summed E-state index contributed by atoms with van der Waals surface area (Å²) in [5, 5.41) is 18.5. The number of aliphatic hydroxyl groups is 1. The fourth-order valence-corrected chi connectivity index (χ4v) is 3.73. The lowest BCUT2D eigenvalue weighted by Crippen LogP contribution is -2.36. The standard InChI is InChI=1S/C22H25N3O5/c1-14(24-22(27)30-12-15-6-4-3-5-7-15)11-25-20-16(10-23-25)8-9-18-19(20)21(28-2)17(26)13-29-18/h3-10,14,17,21,26H,11-13H2,1-2H3,(H,24,27)/t14-,17?,21?/m0/s1. The van der Waals surface area contributed by atoms with E-state index in [0.717, 1.165) is 22.0 Å². The van der Waals surface area contributed by atoms with Crippen LogP contribution in [-0.4, -0.2) is 46.8 Å². The normalized spacial score (nSPS) is 19.0. The maximum Gasteiger partial charge on any atom is 0.407 e. The summed E-state index contributed by atoms with van der Waals surface area (Å²) in [6.07, 6.45) is -0.00522. The highest BCUT2D eigenvalue weighted by molar-refractivity contribution is 5.85. The summed E-state index contributed by atoms with van der Waals surface area (Å²) in [4.78, 5) is 12.2. The van der Waals surface area contributed by atoms with E-state index in [2.05, 4.69) is 10.4 Å². The molecule has 158 valence electrons. The van der Waals surface area contributed by atoms with Crippen molar-refractivity contribution in [1.29, 1.82) is 0 Å². The van der Waals surface area contributed by atoms with Gasteiger partial charge in [-0.1, -0.05) is 30.3 Å². The zero-order chi connectivity index (χ0) is 21.1. The molecule has 1 amide bonds. The van der Waals surface area contributed by atoms with E-state index >= 15 is 0 Å². The maximum absolute atomic E-state index is 12.2. The molecule has 2 unspecified atom stereocenters. The van der Waals surface area contributed by atoms with Gasteiger partial charge in [-0.2, -0.15) is 5.10 Å². The number of nitrogens with one attached hydrogen (secondary N) is 1. The summed E-state index contributed by atoms with van der Waals surface area (Å²) in [7, 11) is 1.56. The van der Waals surface area contributed by atoms with Crippen LogP contribution in [0.25, 0.3) is 10.9 Å². The molecule has 8 nitrogen and oxygen atoms in total. The smallest absolute Gasteiger partial charge is 0.407 e. The van der Waals surface area contributed by atoms with E-state index in [0.29, 0.717) is 12.3 Å². The Morgan fingerprint density at radius 1 is 1.33 bits per heavy atom. The molecule has 0 fully saturated rings. The molecule has 0 bridgehead atoms. The number of rotatable bonds is 6. The summed E-state index contributed by atoms with van der Waals surface area (Å²) in [5.74, 6) is 0.671.